The van der Waals surface area contributed by atoms with Crippen LogP contribution in [0.25, 0.3) is 5.65 Å². The summed E-state index contributed by atoms with van der Waals surface area (Å²) in [5.74, 6) is -0.578. The molecule has 1 fully saturated rings. The smallest absolute Gasteiger partial charge is 0.282 e. The second-order valence-corrected chi connectivity index (χ2v) is 6.08. The van der Waals surface area contributed by atoms with Crippen LogP contribution in [-0.2, 0) is 4.74 Å². The Morgan fingerprint density at radius 2 is 2.17 bits per heavy atom. The molecule has 1 aliphatic carbocycles. The number of amides is 1. The third-order valence-corrected chi connectivity index (χ3v) is 4.65. The number of carbonyl (C=O) groups excluding carboxylic acids is 1. The van der Waals surface area contributed by atoms with E-state index in [9.17, 15) is 13.6 Å². The summed E-state index contributed by atoms with van der Waals surface area (Å²) in [5.41, 5.74) is -0.877. The number of nitrogens with one attached hydrogen (secondary N) is 1. The van der Waals surface area contributed by atoms with Gasteiger partial charge in [0.2, 0.25) is 0 Å². The highest BCUT2D eigenvalue weighted by Gasteiger charge is 2.33. The SMILES string of the molecule is COC1(CNC(=O)c2c(C(F)F)nc3cnccn23)CCCCC1. The topological polar surface area (TPSA) is 68.5 Å². The molecule has 0 saturated heterocycles. The molecule has 3 rings (SSSR count). The van der Waals surface area contributed by atoms with Crippen molar-refractivity contribution in [1.29, 1.82) is 0 Å². The van der Waals surface area contributed by atoms with Crippen molar-refractivity contribution in [2.45, 2.75) is 44.1 Å². The van der Waals surface area contributed by atoms with Gasteiger partial charge in [0.25, 0.3) is 12.3 Å². The van der Waals surface area contributed by atoms with E-state index in [0.29, 0.717) is 6.54 Å². The summed E-state index contributed by atoms with van der Waals surface area (Å²) in [7, 11) is 1.63. The number of carbonyl (C=O) groups is 1. The van der Waals surface area contributed by atoms with Gasteiger partial charge in [0, 0.05) is 26.0 Å². The van der Waals surface area contributed by atoms with E-state index >= 15 is 0 Å². The van der Waals surface area contributed by atoms with E-state index in [0.717, 1.165) is 32.1 Å². The number of fused-ring (bicyclic) bond motifs is 1. The molecule has 0 spiro atoms. The van der Waals surface area contributed by atoms with Crippen LogP contribution in [0.5, 0.6) is 0 Å². The van der Waals surface area contributed by atoms with Crippen molar-refractivity contribution in [1.82, 2.24) is 19.7 Å². The highest BCUT2D eigenvalue weighted by atomic mass is 19.3. The molecule has 1 saturated carbocycles. The molecule has 1 N–H and O–H groups in total. The van der Waals surface area contributed by atoms with Crippen LogP contribution in [0, 0.1) is 0 Å². The van der Waals surface area contributed by atoms with Gasteiger partial charge in [0.1, 0.15) is 11.4 Å². The number of nitrogens with zero attached hydrogens (tertiary/aromatic N) is 3. The molecule has 130 valence electrons. The number of methoxy groups -OCH3 is 1. The second kappa shape index (κ2) is 6.80. The van der Waals surface area contributed by atoms with Crippen LogP contribution in [0.1, 0.15) is 54.7 Å². The predicted molar refractivity (Wildman–Crippen MR) is 83.1 cm³/mol. The molecule has 0 bridgehead atoms. The maximum absolute atomic E-state index is 13.3. The predicted octanol–water partition coefficient (Wildman–Crippen LogP) is 2.75. The Hall–Kier alpha value is -2.09. The number of halogens is 2. The summed E-state index contributed by atoms with van der Waals surface area (Å²) in [6.45, 7) is 0.295. The van der Waals surface area contributed by atoms with Crippen molar-refractivity contribution in [3.05, 3.63) is 30.0 Å². The fraction of sp³-hybridized carbons (Fsp3) is 0.562. The number of aromatic nitrogens is 3. The number of imidazole rings is 1. The molecule has 24 heavy (non-hydrogen) atoms. The number of hydrogen-bond acceptors (Lipinski definition) is 4. The maximum atomic E-state index is 13.3. The zero-order valence-electron chi connectivity index (χ0n) is 13.5. The largest absolute Gasteiger partial charge is 0.376 e. The van der Waals surface area contributed by atoms with Crippen LogP contribution >= 0.6 is 0 Å². The lowest BCUT2D eigenvalue weighted by atomic mass is 9.84. The first-order chi connectivity index (χ1) is 11.6. The summed E-state index contributed by atoms with van der Waals surface area (Å²) in [5, 5.41) is 2.76. The van der Waals surface area contributed by atoms with Crippen molar-refractivity contribution in [3.63, 3.8) is 0 Å². The van der Waals surface area contributed by atoms with Crippen LogP contribution < -0.4 is 5.32 Å². The molecule has 0 aliphatic heterocycles. The van der Waals surface area contributed by atoms with E-state index in [1.54, 1.807) is 7.11 Å². The van der Waals surface area contributed by atoms with Crippen molar-refractivity contribution in [3.8, 4) is 0 Å². The molecule has 2 aromatic rings. The number of ether oxygens (including phenoxy) is 1. The molecule has 0 aromatic carbocycles. The summed E-state index contributed by atoms with van der Waals surface area (Å²) in [6.07, 6.45) is 6.31. The minimum absolute atomic E-state index is 0.149. The fourth-order valence-corrected chi connectivity index (χ4v) is 3.28. The first-order valence-corrected chi connectivity index (χ1v) is 8.00. The number of alkyl halides is 2. The maximum Gasteiger partial charge on any atom is 0.282 e. The highest BCUT2D eigenvalue weighted by Crippen LogP contribution is 2.31. The molecular weight excluding hydrogens is 318 g/mol. The molecule has 2 aromatic heterocycles. The third kappa shape index (κ3) is 3.10. The molecule has 0 radical (unpaired) electrons. The van der Waals surface area contributed by atoms with Crippen molar-refractivity contribution < 1.29 is 18.3 Å². The molecule has 8 heteroatoms. The van der Waals surface area contributed by atoms with E-state index in [1.807, 2.05) is 0 Å². The van der Waals surface area contributed by atoms with E-state index < -0.39 is 23.6 Å². The average Bonchev–Trinajstić information content (AvgIpc) is 3.00. The normalized spacial score (nSPS) is 17.3. The van der Waals surface area contributed by atoms with Gasteiger partial charge in [-0.1, -0.05) is 19.3 Å². The lowest BCUT2D eigenvalue weighted by molar-refractivity contribution is -0.0364. The van der Waals surface area contributed by atoms with Crippen LogP contribution in [0.15, 0.2) is 18.6 Å². The van der Waals surface area contributed by atoms with E-state index in [-0.39, 0.29) is 11.3 Å². The Labute approximate surface area is 138 Å². The van der Waals surface area contributed by atoms with Gasteiger partial charge < -0.3 is 10.1 Å². The quantitative estimate of drug-likeness (QED) is 0.910. The third-order valence-electron chi connectivity index (χ3n) is 4.65. The Morgan fingerprint density at radius 1 is 1.42 bits per heavy atom. The van der Waals surface area contributed by atoms with Crippen molar-refractivity contribution >= 4 is 11.6 Å². The molecule has 0 atom stereocenters. The first-order valence-electron chi connectivity index (χ1n) is 8.00. The minimum Gasteiger partial charge on any atom is -0.376 e. The van der Waals surface area contributed by atoms with Crippen LogP contribution in [-0.4, -0.2) is 39.5 Å². The van der Waals surface area contributed by atoms with Gasteiger partial charge in [-0.25, -0.2) is 13.8 Å². The Morgan fingerprint density at radius 3 is 2.83 bits per heavy atom. The monoisotopic (exact) mass is 338 g/mol. The van der Waals surface area contributed by atoms with Gasteiger partial charge in [-0.05, 0) is 12.8 Å². The van der Waals surface area contributed by atoms with Gasteiger partial charge in [0.05, 0.1) is 11.8 Å². The Balaban J connectivity index is 1.84. The van der Waals surface area contributed by atoms with Crippen molar-refractivity contribution in [2.24, 2.45) is 0 Å². The fourth-order valence-electron chi connectivity index (χ4n) is 3.28. The van der Waals surface area contributed by atoms with E-state index in [2.05, 4.69) is 15.3 Å². The molecule has 0 unspecified atom stereocenters. The minimum atomic E-state index is -2.84. The number of hydrogen-bond donors (Lipinski definition) is 1. The Kier molecular flexibility index (Phi) is 4.75. The van der Waals surface area contributed by atoms with Gasteiger partial charge in [0.15, 0.2) is 5.65 Å². The zero-order valence-corrected chi connectivity index (χ0v) is 13.5. The lowest BCUT2D eigenvalue weighted by Gasteiger charge is -2.36. The van der Waals surface area contributed by atoms with Crippen LogP contribution in [0.2, 0.25) is 0 Å². The van der Waals surface area contributed by atoms with Gasteiger partial charge >= 0.3 is 0 Å². The summed E-state index contributed by atoms with van der Waals surface area (Å²) >= 11 is 0. The van der Waals surface area contributed by atoms with Gasteiger partial charge in [-0.3, -0.25) is 14.2 Å². The molecule has 1 amide bonds. The Bertz CT molecular complexity index is 726. The summed E-state index contributed by atoms with van der Waals surface area (Å²) in [4.78, 5) is 20.2. The molecule has 2 heterocycles. The lowest BCUT2D eigenvalue weighted by Crippen LogP contribution is -2.46. The molecular formula is C16H20F2N4O2. The van der Waals surface area contributed by atoms with E-state index in [1.165, 1.54) is 23.0 Å². The first kappa shape index (κ1) is 16.8. The van der Waals surface area contributed by atoms with Gasteiger partial charge in [-0.2, -0.15) is 0 Å². The molecule has 1 aliphatic rings. The van der Waals surface area contributed by atoms with Crippen molar-refractivity contribution in [2.75, 3.05) is 13.7 Å². The summed E-state index contributed by atoms with van der Waals surface area (Å²) in [6, 6.07) is 0. The van der Waals surface area contributed by atoms with Crippen LogP contribution in [0.3, 0.4) is 0 Å². The average molecular weight is 338 g/mol. The van der Waals surface area contributed by atoms with E-state index in [4.69, 9.17) is 4.74 Å². The standard InChI is InChI=1S/C16H20F2N4O2/c1-24-16(5-3-2-4-6-16)10-20-15(23)13-12(14(17)18)21-11-9-19-7-8-22(11)13/h7-9,14H,2-6,10H2,1H3,(H,20,23). The number of rotatable bonds is 5. The second-order valence-electron chi connectivity index (χ2n) is 6.08. The summed E-state index contributed by atoms with van der Waals surface area (Å²) < 4.78 is 33.5. The van der Waals surface area contributed by atoms with Gasteiger partial charge in [-0.15, -0.1) is 0 Å². The van der Waals surface area contributed by atoms with Crippen LogP contribution in [0.4, 0.5) is 8.78 Å². The highest BCUT2D eigenvalue weighted by molar-refractivity contribution is 5.94. The molecule has 6 nitrogen and oxygen atoms in total. The zero-order chi connectivity index (χ0) is 17.2.